The lowest BCUT2D eigenvalue weighted by Crippen LogP contribution is -2.48. The van der Waals surface area contributed by atoms with E-state index in [4.69, 9.17) is 5.73 Å². The second kappa shape index (κ2) is 25.3. The number of unbranched alkanes of at least 4 members (excludes halogenated alkanes) is 1. The van der Waals surface area contributed by atoms with Crippen LogP contribution in [0.4, 0.5) is 0 Å². The molecule has 1 fully saturated rings. The zero-order chi connectivity index (χ0) is 42.5. The highest BCUT2D eigenvalue weighted by molar-refractivity contribution is 5.98. The van der Waals surface area contributed by atoms with Crippen LogP contribution in [0.25, 0.3) is 0 Å². The number of Topliss-reactive ketones (excluding diaryl/α,β-unsaturated/α-hetero) is 2. The average molecular weight is 811 g/mol. The van der Waals surface area contributed by atoms with E-state index in [0.29, 0.717) is 90.3 Å². The number of nitrogens with zero attached hydrogens (tertiary/aromatic N) is 4. The number of carboxylic acids is 4. The number of nitrogens with one attached hydrogen (secondary N) is 1. The average Bonchev–Trinajstić information content (AvgIpc) is 3.17. The van der Waals surface area contributed by atoms with E-state index in [1.807, 2.05) is 30.3 Å². The summed E-state index contributed by atoms with van der Waals surface area (Å²) in [5.74, 6) is -6.13. The third kappa shape index (κ3) is 18.5. The molecule has 2 aromatic carbocycles. The molecule has 3 rings (SSSR count). The summed E-state index contributed by atoms with van der Waals surface area (Å²) in [6.07, 6.45) is 1.28. The van der Waals surface area contributed by atoms with Gasteiger partial charge in [-0.3, -0.25) is 53.2 Å². The topological polar surface area (TPSA) is 251 Å². The first-order valence-electron chi connectivity index (χ1n) is 19.7. The van der Waals surface area contributed by atoms with Gasteiger partial charge in [-0.15, -0.1) is 0 Å². The molecule has 2 atom stereocenters. The molecule has 0 spiro atoms. The van der Waals surface area contributed by atoms with Gasteiger partial charge in [-0.1, -0.05) is 48.9 Å². The van der Waals surface area contributed by atoms with Gasteiger partial charge in [0.05, 0.1) is 31.6 Å². The van der Waals surface area contributed by atoms with E-state index in [9.17, 15) is 54.0 Å². The zero-order valence-corrected chi connectivity index (χ0v) is 33.0. The highest BCUT2D eigenvalue weighted by Crippen LogP contribution is 2.17. The summed E-state index contributed by atoms with van der Waals surface area (Å²) in [5.41, 5.74) is 7.45. The minimum absolute atomic E-state index is 0.142. The third-order valence-corrected chi connectivity index (χ3v) is 10.1. The predicted molar refractivity (Wildman–Crippen MR) is 213 cm³/mol. The summed E-state index contributed by atoms with van der Waals surface area (Å²) < 4.78 is 0. The molecule has 1 aliphatic rings. The maximum Gasteiger partial charge on any atom is 0.317 e. The highest BCUT2D eigenvalue weighted by Gasteiger charge is 2.26. The fourth-order valence-electron chi connectivity index (χ4n) is 6.80. The summed E-state index contributed by atoms with van der Waals surface area (Å²) in [6.45, 7) is 2.94. The van der Waals surface area contributed by atoms with E-state index in [2.05, 4.69) is 10.2 Å². The Hall–Kier alpha value is -5.07. The van der Waals surface area contributed by atoms with E-state index in [0.717, 1.165) is 11.1 Å². The van der Waals surface area contributed by atoms with Crippen molar-refractivity contribution in [3.8, 4) is 0 Å². The van der Waals surface area contributed by atoms with Crippen molar-refractivity contribution in [2.45, 2.75) is 57.5 Å². The van der Waals surface area contributed by atoms with Gasteiger partial charge < -0.3 is 31.5 Å². The maximum absolute atomic E-state index is 13.5. The van der Waals surface area contributed by atoms with Crippen LogP contribution in [0.15, 0.2) is 54.6 Å². The number of nitrogens with two attached hydrogens (primary N) is 1. The fraction of sp³-hybridized carbons (Fsp3) is 0.537. The number of ketones is 2. The van der Waals surface area contributed by atoms with Crippen LogP contribution in [0.3, 0.4) is 0 Å². The lowest BCUT2D eigenvalue weighted by Gasteiger charge is -2.33. The van der Waals surface area contributed by atoms with E-state index in [-0.39, 0.29) is 56.9 Å². The molecule has 0 aromatic heterocycles. The van der Waals surface area contributed by atoms with E-state index in [1.54, 1.807) is 39.0 Å². The van der Waals surface area contributed by atoms with Crippen LogP contribution in [0, 0.1) is 5.92 Å². The van der Waals surface area contributed by atoms with Gasteiger partial charge in [0.2, 0.25) is 0 Å². The normalized spacial score (nSPS) is 16.3. The van der Waals surface area contributed by atoms with Crippen molar-refractivity contribution in [3.05, 3.63) is 71.3 Å². The monoisotopic (exact) mass is 810 g/mol. The largest absolute Gasteiger partial charge is 0.481 e. The van der Waals surface area contributed by atoms with Crippen molar-refractivity contribution in [1.82, 2.24) is 24.9 Å². The van der Waals surface area contributed by atoms with Crippen molar-refractivity contribution in [1.29, 1.82) is 0 Å². The third-order valence-electron chi connectivity index (χ3n) is 10.1. The molecule has 58 heavy (non-hydrogen) atoms. The van der Waals surface area contributed by atoms with Crippen molar-refractivity contribution >= 4 is 41.4 Å². The number of rotatable bonds is 23. The Kier molecular flexibility index (Phi) is 20.7. The predicted octanol–water partition coefficient (Wildman–Crippen LogP) is 1.14. The molecule has 0 aliphatic carbocycles. The molecule has 0 radical (unpaired) electrons. The molecule has 1 heterocycles. The fourth-order valence-corrected chi connectivity index (χ4v) is 6.80. The summed E-state index contributed by atoms with van der Waals surface area (Å²) in [6, 6.07) is 15.0. The molecule has 1 aliphatic heterocycles. The number of hydrogen-bond acceptors (Lipinski definition) is 12. The van der Waals surface area contributed by atoms with Crippen LogP contribution < -0.4 is 11.1 Å². The first kappa shape index (κ1) is 47.3. The first-order valence-corrected chi connectivity index (χ1v) is 19.7. The van der Waals surface area contributed by atoms with Crippen LogP contribution in [-0.4, -0.2) is 166 Å². The second-order valence-corrected chi connectivity index (χ2v) is 14.7. The van der Waals surface area contributed by atoms with Crippen molar-refractivity contribution in [2.24, 2.45) is 11.7 Å². The smallest absolute Gasteiger partial charge is 0.317 e. The van der Waals surface area contributed by atoms with Gasteiger partial charge in [0, 0.05) is 83.7 Å². The van der Waals surface area contributed by atoms with E-state index >= 15 is 0 Å². The lowest BCUT2D eigenvalue weighted by atomic mass is 9.93. The number of carbonyl (C=O) groups is 7. The second-order valence-electron chi connectivity index (χ2n) is 14.7. The van der Waals surface area contributed by atoms with Crippen molar-refractivity contribution < 1.29 is 54.0 Å². The quantitative estimate of drug-likeness (QED) is 0.0861. The standard InChI is InChI=1S/C41H58N6O11/c42-15-5-4-8-33(41(57)58)25-34(48)13-14-36(49)35(24-30-6-2-1-3-7-30)43-40(56)32-11-9-31(10-12-32)26-44-16-18-45(27-37(50)51)20-22-47(29-39(54)55)23-21-46(19-17-44)28-38(52)53/h1-3,6-7,9-12,33,35H,4-5,8,13-29,42H2,(H,43,56)(H,50,51)(H,52,53)(H,54,55)(H,57,58). The molecule has 318 valence electrons. The molecule has 0 saturated carbocycles. The Morgan fingerprint density at radius 2 is 1.12 bits per heavy atom. The Morgan fingerprint density at radius 1 is 0.621 bits per heavy atom. The maximum atomic E-state index is 13.5. The first-order chi connectivity index (χ1) is 27.7. The zero-order valence-electron chi connectivity index (χ0n) is 33.0. The van der Waals surface area contributed by atoms with E-state index < -0.39 is 41.7 Å². The molecule has 1 amide bonds. The molecule has 2 unspecified atom stereocenters. The molecular weight excluding hydrogens is 752 g/mol. The molecule has 7 N–H and O–H groups in total. The van der Waals surface area contributed by atoms with Crippen LogP contribution in [0.1, 0.15) is 60.0 Å². The number of amides is 1. The van der Waals surface area contributed by atoms with Crippen LogP contribution in [-0.2, 0) is 41.7 Å². The van der Waals surface area contributed by atoms with Crippen molar-refractivity contribution in [3.63, 3.8) is 0 Å². The van der Waals surface area contributed by atoms with Gasteiger partial charge in [0.1, 0.15) is 5.78 Å². The summed E-state index contributed by atoms with van der Waals surface area (Å²) >= 11 is 0. The number of carbonyl (C=O) groups excluding carboxylic acids is 3. The minimum Gasteiger partial charge on any atom is -0.481 e. The molecular formula is C41H58N6O11. The van der Waals surface area contributed by atoms with E-state index in [1.165, 1.54) is 0 Å². The Labute approximate surface area is 338 Å². The van der Waals surface area contributed by atoms with Crippen LogP contribution >= 0.6 is 0 Å². The molecule has 17 heteroatoms. The Morgan fingerprint density at radius 3 is 1.59 bits per heavy atom. The number of benzene rings is 2. The molecule has 0 bridgehead atoms. The van der Waals surface area contributed by atoms with Gasteiger partial charge in [-0.2, -0.15) is 0 Å². The molecule has 17 nitrogen and oxygen atoms in total. The van der Waals surface area contributed by atoms with Crippen LogP contribution in [0.2, 0.25) is 0 Å². The minimum atomic E-state index is -1.06. The van der Waals surface area contributed by atoms with Gasteiger partial charge in [-0.25, -0.2) is 0 Å². The number of carboxylic acid groups (broad SMARTS) is 4. The summed E-state index contributed by atoms with van der Waals surface area (Å²) in [4.78, 5) is 93.4. The Balaban J connectivity index is 1.70. The lowest BCUT2D eigenvalue weighted by molar-refractivity contribution is -0.144. The molecule has 1 saturated heterocycles. The van der Waals surface area contributed by atoms with Gasteiger partial charge in [0.15, 0.2) is 5.78 Å². The van der Waals surface area contributed by atoms with Crippen molar-refractivity contribution in [2.75, 3.05) is 78.5 Å². The highest BCUT2D eigenvalue weighted by atomic mass is 16.4. The molecule has 2 aromatic rings. The summed E-state index contributed by atoms with van der Waals surface area (Å²) in [7, 11) is 0. The van der Waals surface area contributed by atoms with Gasteiger partial charge >= 0.3 is 23.9 Å². The Bertz CT molecular complexity index is 1630. The van der Waals surface area contributed by atoms with Gasteiger partial charge in [-0.05, 0) is 49.1 Å². The summed E-state index contributed by atoms with van der Waals surface area (Å²) in [5, 5.41) is 40.8. The van der Waals surface area contributed by atoms with Gasteiger partial charge in [0.25, 0.3) is 5.91 Å². The van der Waals surface area contributed by atoms with Crippen LogP contribution in [0.5, 0.6) is 0 Å². The number of aliphatic carboxylic acids is 4. The number of hydrogen-bond donors (Lipinski definition) is 6. The SMILES string of the molecule is NCCCCC(CC(=O)CCC(=O)C(Cc1ccccc1)NC(=O)c1ccc(CN2CCN(CC(=O)O)CCN(CC(=O)O)CCN(CC(=O)O)CC2)cc1)C(=O)O.